The van der Waals surface area contributed by atoms with Gasteiger partial charge < -0.3 is 4.74 Å². The average molecular weight is 149 g/mol. The van der Waals surface area contributed by atoms with Crippen LogP contribution in [0.3, 0.4) is 0 Å². The molecule has 0 aromatic carbocycles. The minimum atomic E-state index is 0.0468. The molecular formula is C8H7NO2. The molecule has 0 saturated carbocycles. The molecule has 11 heavy (non-hydrogen) atoms. The third-order valence-electron chi connectivity index (χ3n) is 1.66. The van der Waals surface area contributed by atoms with Gasteiger partial charge in [-0.05, 0) is 13.0 Å². The Balaban J connectivity index is 2.60. The number of aromatic nitrogens is 1. The number of rotatable bonds is 0. The Morgan fingerprint density at radius 2 is 2.45 bits per heavy atom. The lowest BCUT2D eigenvalue weighted by Gasteiger charge is -1.95. The van der Waals surface area contributed by atoms with Crippen molar-refractivity contribution in [1.82, 2.24) is 4.98 Å². The van der Waals surface area contributed by atoms with Crippen LogP contribution in [0.5, 0.6) is 5.75 Å². The number of Topliss-reactive ketones (excluding diaryl/α,β-unsaturated/α-hetero) is 1. The molecule has 0 bridgehead atoms. The zero-order chi connectivity index (χ0) is 7.84. The van der Waals surface area contributed by atoms with E-state index in [4.69, 9.17) is 4.74 Å². The first-order valence-corrected chi connectivity index (χ1v) is 3.40. The predicted octanol–water partition coefficient (Wildman–Crippen LogP) is 0.965. The van der Waals surface area contributed by atoms with Gasteiger partial charge in [-0.15, -0.1) is 0 Å². The molecule has 0 aliphatic carbocycles. The van der Waals surface area contributed by atoms with Crippen LogP contribution in [-0.4, -0.2) is 17.4 Å². The van der Waals surface area contributed by atoms with E-state index in [1.54, 1.807) is 12.3 Å². The van der Waals surface area contributed by atoms with E-state index in [-0.39, 0.29) is 12.4 Å². The number of aryl methyl sites for hydroxylation is 1. The van der Waals surface area contributed by atoms with Gasteiger partial charge in [0, 0.05) is 5.69 Å². The van der Waals surface area contributed by atoms with Gasteiger partial charge in [-0.2, -0.15) is 0 Å². The van der Waals surface area contributed by atoms with Crippen molar-refractivity contribution in [2.45, 2.75) is 6.92 Å². The monoisotopic (exact) mass is 149 g/mol. The van der Waals surface area contributed by atoms with Crippen LogP contribution in [0.15, 0.2) is 12.3 Å². The molecule has 1 aliphatic heterocycles. The topological polar surface area (TPSA) is 39.2 Å². The van der Waals surface area contributed by atoms with Crippen molar-refractivity contribution in [3.05, 3.63) is 23.5 Å². The SMILES string of the molecule is Cc1cc2c(cn1)OCC2=O. The third-order valence-corrected chi connectivity index (χ3v) is 1.66. The predicted molar refractivity (Wildman–Crippen MR) is 38.8 cm³/mol. The van der Waals surface area contributed by atoms with Gasteiger partial charge in [0.1, 0.15) is 5.75 Å². The largest absolute Gasteiger partial charge is 0.483 e. The van der Waals surface area contributed by atoms with Crippen LogP contribution in [0.1, 0.15) is 16.1 Å². The molecule has 0 fully saturated rings. The van der Waals surface area contributed by atoms with E-state index >= 15 is 0 Å². The van der Waals surface area contributed by atoms with Gasteiger partial charge in [-0.25, -0.2) is 0 Å². The summed E-state index contributed by atoms with van der Waals surface area (Å²) in [5.74, 6) is 0.658. The van der Waals surface area contributed by atoms with Gasteiger partial charge in [0.05, 0.1) is 11.8 Å². The summed E-state index contributed by atoms with van der Waals surface area (Å²) in [6.45, 7) is 2.02. The average Bonchev–Trinajstić information content (AvgIpc) is 2.33. The number of fused-ring (bicyclic) bond motifs is 1. The summed E-state index contributed by atoms with van der Waals surface area (Å²) in [4.78, 5) is 15.1. The molecule has 0 saturated heterocycles. The van der Waals surface area contributed by atoms with E-state index in [2.05, 4.69) is 4.98 Å². The van der Waals surface area contributed by atoms with Crippen molar-refractivity contribution in [2.24, 2.45) is 0 Å². The van der Waals surface area contributed by atoms with Gasteiger partial charge in [-0.1, -0.05) is 0 Å². The summed E-state index contributed by atoms with van der Waals surface area (Å²) in [5.41, 5.74) is 1.51. The molecule has 0 atom stereocenters. The Bertz CT molecular complexity index is 320. The number of nitrogens with zero attached hydrogens (tertiary/aromatic N) is 1. The molecule has 0 unspecified atom stereocenters. The highest BCUT2D eigenvalue weighted by Crippen LogP contribution is 2.23. The van der Waals surface area contributed by atoms with Gasteiger partial charge in [0.25, 0.3) is 0 Å². The lowest BCUT2D eigenvalue weighted by atomic mass is 10.2. The Morgan fingerprint density at radius 3 is 3.27 bits per heavy atom. The number of carbonyl (C=O) groups is 1. The number of ketones is 1. The zero-order valence-electron chi connectivity index (χ0n) is 6.13. The molecule has 3 heteroatoms. The van der Waals surface area contributed by atoms with E-state index in [0.717, 1.165) is 5.69 Å². The highest BCUT2D eigenvalue weighted by molar-refractivity contribution is 6.02. The van der Waals surface area contributed by atoms with Crippen LogP contribution >= 0.6 is 0 Å². The standard InChI is InChI=1S/C8H7NO2/c1-5-2-6-7(10)4-11-8(6)3-9-5/h2-3H,4H2,1H3. The van der Waals surface area contributed by atoms with Crippen LogP contribution in [0.2, 0.25) is 0 Å². The van der Waals surface area contributed by atoms with E-state index in [9.17, 15) is 4.79 Å². The quantitative estimate of drug-likeness (QED) is 0.551. The summed E-state index contributed by atoms with van der Waals surface area (Å²) in [7, 11) is 0. The van der Waals surface area contributed by atoms with Crippen molar-refractivity contribution in [3.8, 4) is 5.75 Å². The van der Waals surface area contributed by atoms with Crippen LogP contribution in [-0.2, 0) is 0 Å². The Labute approximate surface area is 64.0 Å². The first-order valence-electron chi connectivity index (χ1n) is 3.40. The van der Waals surface area contributed by atoms with Gasteiger partial charge in [-0.3, -0.25) is 9.78 Å². The van der Waals surface area contributed by atoms with Crippen LogP contribution < -0.4 is 4.74 Å². The number of hydrogen-bond donors (Lipinski definition) is 0. The molecule has 1 aromatic rings. The molecule has 2 rings (SSSR count). The highest BCUT2D eigenvalue weighted by atomic mass is 16.5. The van der Waals surface area contributed by atoms with Gasteiger partial charge in [0.2, 0.25) is 5.78 Å². The lowest BCUT2D eigenvalue weighted by molar-refractivity contribution is 0.0961. The van der Waals surface area contributed by atoms with Crippen molar-refractivity contribution in [2.75, 3.05) is 6.61 Å². The maximum Gasteiger partial charge on any atom is 0.204 e. The molecule has 56 valence electrons. The fourth-order valence-electron chi connectivity index (χ4n) is 1.10. The Morgan fingerprint density at radius 1 is 1.64 bits per heavy atom. The van der Waals surface area contributed by atoms with Crippen molar-refractivity contribution < 1.29 is 9.53 Å². The molecule has 0 spiro atoms. The molecular weight excluding hydrogens is 142 g/mol. The molecule has 0 radical (unpaired) electrons. The second-order valence-electron chi connectivity index (χ2n) is 2.53. The fourth-order valence-corrected chi connectivity index (χ4v) is 1.10. The number of carbonyl (C=O) groups excluding carboxylic acids is 1. The van der Waals surface area contributed by atoms with Gasteiger partial charge >= 0.3 is 0 Å². The van der Waals surface area contributed by atoms with Crippen molar-refractivity contribution in [3.63, 3.8) is 0 Å². The maximum absolute atomic E-state index is 11.1. The van der Waals surface area contributed by atoms with E-state index in [0.29, 0.717) is 11.3 Å². The first-order chi connectivity index (χ1) is 5.27. The molecule has 2 heterocycles. The highest BCUT2D eigenvalue weighted by Gasteiger charge is 2.20. The first kappa shape index (κ1) is 6.34. The molecule has 3 nitrogen and oxygen atoms in total. The van der Waals surface area contributed by atoms with E-state index in [1.807, 2.05) is 6.92 Å². The summed E-state index contributed by atoms with van der Waals surface area (Å²) in [6.07, 6.45) is 1.59. The zero-order valence-corrected chi connectivity index (χ0v) is 6.13. The van der Waals surface area contributed by atoms with Crippen LogP contribution in [0.4, 0.5) is 0 Å². The van der Waals surface area contributed by atoms with Crippen molar-refractivity contribution in [1.29, 1.82) is 0 Å². The molecule has 1 aliphatic rings. The third kappa shape index (κ3) is 0.888. The molecule has 1 aromatic heterocycles. The van der Waals surface area contributed by atoms with Crippen LogP contribution in [0.25, 0.3) is 0 Å². The van der Waals surface area contributed by atoms with Gasteiger partial charge in [0.15, 0.2) is 6.61 Å². The van der Waals surface area contributed by atoms with E-state index < -0.39 is 0 Å². The smallest absolute Gasteiger partial charge is 0.204 e. The maximum atomic E-state index is 11.1. The lowest BCUT2D eigenvalue weighted by Crippen LogP contribution is -1.98. The number of ether oxygens (including phenoxy) is 1. The summed E-state index contributed by atoms with van der Waals surface area (Å²) in [6, 6.07) is 1.75. The summed E-state index contributed by atoms with van der Waals surface area (Å²) < 4.78 is 5.05. The minimum absolute atomic E-state index is 0.0468. The van der Waals surface area contributed by atoms with Crippen LogP contribution in [0, 0.1) is 6.92 Å². The molecule has 0 N–H and O–H groups in total. The fraction of sp³-hybridized carbons (Fsp3) is 0.250. The summed E-state index contributed by atoms with van der Waals surface area (Å²) >= 11 is 0. The second kappa shape index (κ2) is 2.05. The van der Waals surface area contributed by atoms with E-state index in [1.165, 1.54) is 0 Å². The Hall–Kier alpha value is -1.38. The summed E-state index contributed by atoms with van der Waals surface area (Å²) in [5, 5.41) is 0. The second-order valence-corrected chi connectivity index (χ2v) is 2.53. The molecule has 0 amide bonds. The normalized spacial score (nSPS) is 14.5. The van der Waals surface area contributed by atoms with Crippen molar-refractivity contribution >= 4 is 5.78 Å². The Kier molecular flexibility index (Phi) is 1.18. The number of hydrogen-bond acceptors (Lipinski definition) is 3. The number of pyridine rings is 1. The minimum Gasteiger partial charge on any atom is -0.483 e.